The second-order valence-corrected chi connectivity index (χ2v) is 4.54. The third-order valence-electron chi connectivity index (χ3n) is 2.59. The minimum atomic E-state index is -0.0322. The lowest BCUT2D eigenvalue weighted by atomic mass is 10.1. The summed E-state index contributed by atoms with van der Waals surface area (Å²) in [5.74, 6) is 1.16. The number of rotatable bonds is 6. The summed E-state index contributed by atoms with van der Waals surface area (Å²) < 4.78 is 5.47. The maximum Gasteiger partial charge on any atom is 0.157 e. The highest BCUT2D eigenvalue weighted by atomic mass is 16.5. The Labute approximate surface area is 104 Å². The lowest BCUT2D eigenvalue weighted by Gasteiger charge is -2.18. The van der Waals surface area contributed by atoms with E-state index in [1.165, 1.54) is 0 Å². The van der Waals surface area contributed by atoms with Crippen molar-refractivity contribution in [3.05, 3.63) is 23.3 Å². The Morgan fingerprint density at radius 1 is 1.35 bits per heavy atom. The molecule has 0 aliphatic carbocycles. The zero-order chi connectivity index (χ0) is 12.8. The van der Waals surface area contributed by atoms with Crippen molar-refractivity contribution in [1.82, 2.24) is 15.3 Å². The first-order chi connectivity index (χ1) is 8.08. The zero-order valence-corrected chi connectivity index (χ0v) is 11.4. The molecule has 0 spiro atoms. The standard InChI is InChI=1S/C13H23N3O/c1-6-14-8-11-7-10(4)15-13(16-11)12(17-5)9(2)3/h7,9,12,14H,6,8H2,1-5H3. The van der Waals surface area contributed by atoms with E-state index in [1.54, 1.807) is 7.11 Å². The molecule has 4 heteroatoms. The predicted octanol–water partition coefficient (Wildman–Crippen LogP) is 2.24. The summed E-state index contributed by atoms with van der Waals surface area (Å²) in [6.45, 7) is 10.0. The molecule has 0 fully saturated rings. The van der Waals surface area contributed by atoms with Gasteiger partial charge < -0.3 is 10.1 Å². The maximum atomic E-state index is 5.47. The fourth-order valence-electron chi connectivity index (χ4n) is 1.81. The Kier molecular flexibility index (Phi) is 5.51. The Morgan fingerprint density at radius 3 is 2.59 bits per heavy atom. The summed E-state index contributed by atoms with van der Waals surface area (Å²) >= 11 is 0. The largest absolute Gasteiger partial charge is 0.373 e. The third kappa shape index (κ3) is 4.06. The zero-order valence-electron chi connectivity index (χ0n) is 11.4. The van der Waals surface area contributed by atoms with Crippen molar-refractivity contribution in [1.29, 1.82) is 0 Å². The average Bonchev–Trinajstić information content (AvgIpc) is 2.26. The summed E-state index contributed by atoms with van der Waals surface area (Å²) in [6.07, 6.45) is -0.0322. The van der Waals surface area contributed by atoms with Crippen LogP contribution in [0.1, 0.15) is 44.1 Å². The minimum absolute atomic E-state index is 0.0322. The first-order valence-electron chi connectivity index (χ1n) is 6.16. The Hall–Kier alpha value is -1.00. The van der Waals surface area contributed by atoms with E-state index in [9.17, 15) is 0 Å². The molecule has 1 atom stereocenters. The Balaban J connectivity index is 2.94. The molecule has 0 aromatic carbocycles. The molecular formula is C13H23N3O. The van der Waals surface area contributed by atoms with Crippen LogP contribution in [0.5, 0.6) is 0 Å². The molecule has 1 N–H and O–H groups in total. The summed E-state index contributed by atoms with van der Waals surface area (Å²) in [7, 11) is 1.71. The van der Waals surface area contributed by atoms with Gasteiger partial charge >= 0.3 is 0 Å². The highest BCUT2D eigenvalue weighted by Gasteiger charge is 2.18. The third-order valence-corrected chi connectivity index (χ3v) is 2.59. The van der Waals surface area contributed by atoms with Gasteiger partial charge in [0.1, 0.15) is 6.10 Å². The predicted molar refractivity (Wildman–Crippen MR) is 68.7 cm³/mol. The fraction of sp³-hybridized carbons (Fsp3) is 0.692. The number of ether oxygens (including phenoxy) is 1. The van der Waals surface area contributed by atoms with E-state index in [0.717, 1.165) is 30.3 Å². The molecule has 1 rings (SSSR count). The van der Waals surface area contributed by atoms with Crippen molar-refractivity contribution in [3.8, 4) is 0 Å². The van der Waals surface area contributed by atoms with Crippen LogP contribution in [0.2, 0.25) is 0 Å². The molecule has 1 aromatic heterocycles. The molecule has 0 aliphatic rings. The van der Waals surface area contributed by atoms with E-state index < -0.39 is 0 Å². The molecular weight excluding hydrogens is 214 g/mol. The van der Waals surface area contributed by atoms with Gasteiger partial charge in [0.25, 0.3) is 0 Å². The van der Waals surface area contributed by atoms with Crippen molar-refractivity contribution in [2.45, 2.75) is 40.3 Å². The van der Waals surface area contributed by atoms with E-state index >= 15 is 0 Å². The number of nitrogens with zero attached hydrogens (tertiary/aromatic N) is 2. The van der Waals surface area contributed by atoms with Gasteiger partial charge in [-0.2, -0.15) is 0 Å². The van der Waals surface area contributed by atoms with Crippen molar-refractivity contribution in [3.63, 3.8) is 0 Å². The molecule has 0 aliphatic heterocycles. The summed E-state index contributed by atoms with van der Waals surface area (Å²) in [5, 5.41) is 3.27. The Morgan fingerprint density at radius 2 is 2.06 bits per heavy atom. The van der Waals surface area contributed by atoms with Gasteiger partial charge in [0.05, 0.1) is 5.69 Å². The molecule has 0 amide bonds. The van der Waals surface area contributed by atoms with Crippen molar-refractivity contribution in [2.75, 3.05) is 13.7 Å². The molecule has 0 saturated carbocycles. The van der Waals surface area contributed by atoms with Crippen LogP contribution >= 0.6 is 0 Å². The molecule has 1 aromatic rings. The lowest BCUT2D eigenvalue weighted by Crippen LogP contribution is -2.18. The van der Waals surface area contributed by atoms with Crippen LogP contribution in [-0.4, -0.2) is 23.6 Å². The second-order valence-electron chi connectivity index (χ2n) is 4.54. The number of aromatic nitrogens is 2. The van der Waals surface area contributed by atoms with Crippen molar-refractivity contribution in [2.24, 2.45) is 5.92 Å². The van der Waals surface area contributed by atoms with Crippen molar-refractivity contribution >= 4 is 0 Å². The molecule has 0 saturated heterocycles. The van der Waals surface area contributed by atoms with E-state index in [-0.39, 0.29) is 6.10 Å². The molecule has 4 nitrogen and oxygen atoms in total. The smallest absolute Gasteiger partial charge is 0.157 e. The van der Waals surface area contributed by atoms with E-state index in [2.05, 4.69) is 36.1 Å². The van der Waals surface area contributed by atoms with Gasteiger partial charge in [-0.1, -0.05) is 20.8 Å². The first kappa shape index (κ1) is 14.1. The SMILES string of the molecule is CCNCc1cc(C)nc(C(OC)C(C)C)n1. The molecule has 96 valence electrons. The van der Waals surface area contributed by atoms with E-state index in [0.29, 0.717) is 5.92 Å². The topological polar surface area (TPSA) is 47.0 Å². The van der Waals surface area contributed by atoms with Gasteiger partial charge in [-0.25, -0.2) is 9.97 Å². The van der Waals surface area contributed by atoms with Gasteiger partial charge in [-0.05, 0) is 25.5 Å². The summed E-state index contributed by atoms with van der Waals surface area (Å²) in [4.78, 5) is 9.04. The Bertz CT molecular complexity index is 353. The van der Waals surface area contributed by atoms with Gasteiger partial charge in [0, 0.05) is 19.3 Å². The maximum absolute atomic E-state index is 5.47. The first-order valence-corrected chi connectivity index (χ1v) is 6.16. The number of hydrogen-bond donors (Lipinski definition) is 1. The quantitative estimate of drug-likeness (QED) is 0.824. The van der Waals surface area contributed by atoms with Gasteiger partial charge in [0.2, 0.25) is 0 Å². The van der Waals surface area contributed by atoms with Crippen LogP contribution in [0.3, 0.4) is 0 Å². The summed E-state index contributed by atoms with van der Waals surface area (Å²) in [5.41, 5.74) is 2.02. The van der Waals surface area contributed by atoms with Crippen LogP contribution in [0.4, 0.5) is 0 Å². The number of methoxy groups -OCH3 is 1. The molecule has 1 unspecified atom stereocenters. The van der Waals surface area contributed by atoms with Crippen LogP contribution in [0, 0.1) is 12.8 Å². The normalized spacial score (nSPS) is 13.1. The van der Waals surface area contributed by atoms with Crippen LogP contribution in [0.15, 0.2) is 6.07 Å². The van der Waals surface area contributed by atoms with Crippen LogP contribution in [-0.2, 0) is 11.3 Å². The highest BCUT2D eigenvalue weighted by Crippen LogP contribution is 2.22. The van der Waals surface area contributed by atoms with Crippen LogP contribution in [0.25, 0.3) is 0 Å². The van der Waals surface area contributed by atoms with Gasteiger partial charge in [-0.15, -0.1) is 0 Å². The lowest BCUT2D eigenvalue weighted by molar-refractivity contribution is 0.0571. The summed E-state index contributed by atoms with van der Waals surface area (Å²) in [6, 6.07) is 2.01. The van der Waals surface area contributed by atoms with E-state index in [4.69, 9.17) is 4.74 Å². The highest BCUT2D eigenvalue weighted by molar-refractivity contribution is 5.11. The second kappa shape index (κ2) is 6.67. The average molecular weight is 237 g/mol. The van der Waals surface area contributed by atoms with Gasteiger partial charge in [0.15, 0.2) is 5.82 Å². The minimum Gasteiger partial charge on any atom is -0.373 e. The molecule has 0 bridgehead atoms. The van der Waals surface area contributed by atoms with Crippen molar-refractivity contribution < 1.29 is 4.74 Å². The number of aryl methyl sites for hydroxylation is 1. The van der Waals surface area contributed by atoms with Crippen LogP contribution < -0.4 is 5.32 Å². The molecule has 0 radical (unpaired) electrons. The monoisotopic (exact) mass is 237 g/mol. The van der Waals surface area contributed by atoms with E-state index in [1.807, 2.05) is 13.0 Å². The molecule has 17 heavy (non-hydrogen) atoms. The number of nitrogens with one attached hydrogen (secondary N) is 1. The van der Waals surface area contributed by atoms with Gasteiger partial charge in [-0.3, -0.25) is 0 Å². The fourth-order valence-corrected chi connectivity index (χ4v) is 1.81. The molecule has 1 heterocycles. The number of hydrogen-bond acceptors (Lipinski definition) is 4.